The van der Waals surface area contributed by atoms with Crippen molar-refractivity contribution >= 4 is 0 Å². The summed E-state index contributed by atoms with van der Waals surface area (Å²) in [5, 5.41) is 36.5. The second-order valence-corrected chi connectivity index (χ2v) is 5.69. The monoisotopic (exact) mass is 313 g/mol. The summed E-state index contributed by atoms with van der Waals surface area (Å²) in [5.41, 5.74) is 1.75. The Kier molecular flexibility index (Phi) is 8.47. The number of aromatic nitrogens is 1. The first-order valence-corrected chi connectivity index (χ1v) is 7.34. The van der Waals surface area contributed by atoms with Crippen molar-refractivity contribution in [2.24, 2.45) is 0 Å². The van der Waals surface area contributed by atoms with Crippen LogP contribution in [0, 0.1) is 0 Å². The first kappa shape index (κ1) is 19.0. The van der Waals surface area contributed by atoms with Gasteiger partial charge in [-0.2, -0.15) is 0 Å². The standard InChI is InChI=1S/C15H27N3O4/c1-17(8-14(21)10-19)6-12-4-3-5-13(16-12)7-18(2)9-15(22)11-20/h3-5,14-15,19-22H,6-11H2,1-2H3. The van der Waals surface area contributed by atoms with Gasteiger partial charge in [-0.1, -0.05) is 6.07 Å². The van der Waals surface area contributed by atoms with E-state index in [4.69, 9.17) is 10.2 Å². The lowest BCUT2D eigenvalue weighted by Crippen LogP contribution is -2.32. The van der Waals surface area contributed by atoms with Crippen molar-refractivity contribution in [3.63, 3.8) is 0 Å². The highest BCUT2D eigenvalue weighted by Crippen LogP contribution is 2.06. The van der Waals surface area contributed by atoms with Crippen LogP contribution in [0.2, 0.25) is 0 Å². The van der Waals surface area contributed by atoms with E-state index in [1.54, 1.807) is 0 Å². The topological polar surface area (TPSA) is 100 Å². The van der Waals surface area contributed by atoms with Gasteiger partial charge >= 0.3 is 0 Å². The van der Waals surface area contributed by atoms with Crippen LogP contribution in [0.15, 0.2) is 18.2 Å². The highest BCUT2D eigenvalue weighted by Gasteiger charge is 2.10. The number of hydrogen-bond acceptors (Lipinski definition) is 7. The molecular formula is C15H27N3O4. The van der Waals surface area contributed by atoms with Gasteiger partial charge in [-0.3, -0.25) is 14.8 Å². The van der Waals surface area contributed by atoms with E-state index in [1.165, 1.54) is 0 Å². The lowest BCUT2D eigenvalue weighted by Gasteiger charge is -2.21. The molecule has 0 saturated heterocycles. The molecule has 0 aliphatic rings. The molecule has 4 N–H and O–H groups in total. The Morgan fingerprint density at radius 2 is 1.32 bits per heavy atom. The van der Waals surface area contributed by atoms with Crippen molar-refractivity contribution in [1.82, 2.24) is 14.8 Å². The zero-order chi connectivity index (χ0) is 16.5. The van der Waals surface area contributed by atoms with E-state index in [-0.39, 0.29) is 13.2 Å². The molecule has 0 aliphatic heterocycles. The fraction of sp³-hybridized carbons (Fsp3) is 0.667. The second-order valence-electron chi connectivity index (χ2n) is 5.69. The van der Waals surface area contributed by atoms with Gasteiger partial charge in [-0.25, -0.2) is 0 Å². The first-order valence-electron chi connectivity index (χ1n) is 7.34. The first-order chi connectivity index (χ1) is 10.4. The van der Waals surface area contributed by atoms with Gasteiger partial charge in [0, 0.05) is 26.2 Å². The molecule has 1 rings (SSSR count). The SMILES string of the molecule is CN(Cc1cccc(CN(C)CC(O)CO)n1)CC(O)CO. The van der Waals surface area contributed by atoms with Gasteiger partial charge in [0.05, 0.1) is 36.8 Å². The zero-order valence-corrected chi connectivity index (χ0v) is 13.3. The molecule has 1 heterocycles. The molecule has 0 bridgehead atoms. The van der Waals surface area contributed by atoms with Gasteiger partial charge in [0.1, 0.15) is 0 Å². The minimum absolute atomic E-state index is 0.254. The second kappa shape index (κ2) is 9.83. The van der Waals surface area contributed by atoms with E-state index >= 15 is 0 Å². The molecule has 1 aromatic heterocycles. The number of likely N-dealkylation sites (N-methyl/N-ethyl adjacent to an activating group) is 2. The molecule has 0 spiro atoms. The van der Waals surface area contributed by atoms with Crippen molar-refractivity contribution in [2.45, 2.75) is 25.3 Å². The Balaban J connectivity index is 2.54. The number of pyridine rings is 1. The van der Waals surface area contributed by atoms with Gasteiger partial charge in [0.15, 0.2) is 0 Å². The van der Waals surface area contributed by atoms with E-state index in [2.05, 4.69) is 4.98 Å². The maximum absolute atomic E-state index is 9.42. The molecule has 1 aromatic rings. The molecule has 2 unspecified atom stereocenters. The van der Waals surface area contributed by atoms with Crippen molar-refractivity contribution in [1.29, 1.82) is 0 Å². The summed E-state index contributed by atoms with van der Waals surface area (Å²) >= 11 is 0. The Morgan fingerprint density at radius 3 is 1.68 bits per heavy atom. The van der Waals surface area contributed by atoms with E-state index < -0.39 is 12.2 Å². The summed E-state index contributed by atoms with van der Waals surface area (Å²) in [4.78, 5) is 8.34. The average Bonchev–Trinajstić information content (AvgIpc) is 2.46. The van der Waals surface area contributed by atoms with Gasteiger partial charge in [0.2, 0.25) is 0 Å². The van der Waals surface area contributed by atoms with Crippen LogP contribution >= 0.6 is 0 Å². The normalized spacial score (nSPS) is 14.5. The number of aliphatic hydroxyl groups is 4. The fourth-order valence-corrected chi connectivity index (χ4v) is 2.22. The van der Waals surface area contributed by atoms with Gasteiger partial charge in [-0.05, 0) is 26.2 Å². The molecule has 126 valence electrons. The highest BCUT2D eigenvalue weighted by atomic mass is 16.3. The third kappa shape index (κ3) is 7.26. The van der Waals surface area contributed by atoms with E-state index in [1.807, 2.05) is 42.1 Å². The Bertz CT molecular complexity index is 398. The minimum Gasteiger partial charge on any atom is -0.394 e. The van der Waals surface area contributed by atoms with E-state index in [0.29, 0.717) is 26.2 Å². The third-order valence-electron chi connectivity index (χ3n) is 3.19. The molecular weight excluding hydrogens is 286 g/mol. The van der Waals surface area contributed by atoms with Crippen molar-refractivity contribution in [3.8, 4) is 0 Å². The van der Waals surface area contributed by atoms with Gasteiger partial charge in [-0.15, -0.1) is 0 Å². The quantitative estimate of drug-likeness (QED) is 0.424. The van der Waals surface area contributed by atoms with Crippen LogP contribution < -0.4 is 0 Å². The molecule has 0 fully saturated rings. The van der Waals surface area contributed by atoms with E-state index in [9.17, 15) is 10.2 Å². The third-order valence-corrected chi connectivity index (χ3v) is 3.19. The summed E-state index contributed by atoms with van der Waals surface area (Å²) in [6.45, 7) is 1.41. The molecule has 22 heavy (non-hydrogen) atoms. The maximum atomic E-state index is 9.42. The van der Waals surface area contributed by atoms with Crippen LogP contribution in [0.25, 0.3) is 0 Å². The molecule has 0 amide bonds. The van der Waals surface area contributed by atoms with Crippen LogP contribution in [0.3, 0.4) is 0 Å². The number of rotatable bonds is 10. The maximum Gasteiger partial charge on any atom is 0.0897 e. The molecule has 0 aromatic carbocycles. The number of aliphatic hydroxyl groups excluding tert-OH is 4. The average molecular weight is 313 g/mol. The zero-order valence-electron chi connectivity index (χ0n) is 13.3. The molecule has 2 atom stereocenters. The molecule has 0 aliphatic carbocycles. The minimum atomic E-state index is -0.751. The summed E-state index contributed by atoms with van der Waals surface area (Å²) < 4.78 is 0. The Labute approximate surface area is 131 Å². The summed E-state index contributed by atoms with van der Waals surface area (Å²) in [5.74, 6) is 0. The fourth-order valence-electron chi connectivity index (χ4n) is 2.22. The number of hydrogen-bond donors (Lipinski definition) is 4. The molecule has 7 nitrogen and oxygen atoms in total. The molecule has 0 radical (unpaired) electrons. The molecule has 0 saturated carbocycles. The van der Waals surface area contributed by atoms with Crippen LogP contribution in [-0.2, 0) is 13.1 Å². The predicted molar refractivity (Wildman–Crippen MR) is 83.1 cm³/mol. The smallest absolute Gasteiger partial charge is 0.0897 e. The molecule has 7 heteroatoms. The van der Waals surface area contributed by atoms with Crippen LogP contribution in [0.1, 0.15) is 11.4 Å². The Hall–Kier alpha value is -1.09. The summed E-state index contributed by atoms with van der Waals surface area (Å²) in [6, 6.07) is 5.74. The summed E-state index contributed by atoms with van der Waals surface area (Å²) in [6.07, 6.45) is -1.50. The largest absolute Gasteiger partial charge is 0.394 e. The lowest BCUT2D eigenvalue weighted by molar-refractivity contribution is 0.0637. The predicted octanol–water partition coefficient (Wildman–Crippen LogP) is -1.35. The van der Waals surface area contributed by atoms with Gasteiger partial charge in [0.25, 0.3) is 0 Å². The lowest BCUT2D eigenvalue weighted by atomic mass is 10.2. The summed E-state index contributed by atoms with van der Waals surface area (Å²) in [7, 11) is 3.72. The number of nitrogens with zero attached hydrogens (tertiary/aromatic N) is 3. The van der Waals surface area contributed by atoms with Crippen LogP contribution in [-0.4, -0.2) is 87.8 Å². The van der Waals surface area contributed by atoms with Crippen molar-refractivity contribution in [2.75, 3.05) is 40.4 Å². The van der Waals surface area contributed by atoms with Gasteiger partial charge < -0.3 is 20.4 Å². The Morgan fingerprint density at radius 1 is 0.909 bits per heavy atom. The van der Waals surface area contributed by atoms with E-state index in [0.717, 1.165) is 11.4 Å². The van der Waals surface area contributed by atoms with Crippen LogP contribution in [0.4, 0.5) is 0 Å². The highest BCUT2D eigenvalue weighted by molar-refractivity contribution is 5.11. The van der Waals surface area contributed by atoms with Crippen LogP contribution in [0.5, 0.6) is 0 Å². The van der Waals surface area contributed by atoms with Crippen molar-refractivity contribution in [3.05, 3.63) is 29.6 Å². The van der Waals surface area contributed by atoms with Crippen molar-refractivity contribution < 1.29 is 20.4 Å².